The third kappa shape index (κ3) is 2.52. The largest absolute Gasteiger partial charge is 0.399 e. The monoisotopic (exact) mass is 266 g/mol. The van der Waals surface area contributed by atoms with Gasteiger partial charge in [0.05, 0.1) is 5.71 Å². The molecule has 0 aromatic heterocycles. The van der Waals surface area contributed by atoms with E-state index in [1.54, 1.807) is 7.11 Å². The predicted octanol–water partition coefficient (Wildman–Crippen LogP) is 3.45. The lowest BCUT2D eigenvalue weighted by Crippen LogP contribution is -2.31. The van der Waals surface area contributed by atoms with E-state index in [1.165, 1.54) is 16.8 Å². The minimum absolute atomic E-state index is 0.914. The highest BCUT2D eigenvalue weighted by atomic mass is 16.6. The maximum Gasteiger partial charge on any atom is 0.106 e. The molecule has 0 radical (unpaired) electrons. The smallest absolute Gasteiger partial charge is 0.106 e. The second-order valence-electron chi connectivity index (χ2n) is 4.89. The van der Waals surface area contributed by atoms with Gasteiger partial charge in [0, 0.05) is 30.8 Å². The fourth-order valence-electron chi connectivity index (χ4n) is 2.66. The quantitative estimate of drug-likeness (QED) is 0.795. The number of oxime groups is 1. The van der Waals surface area contributed by atoms with Gasteiger partial charge in [-0.1, -0.05) is 53.7 Å². The molecule has 20 heavy (non-hydrogen) atoms. The van der Waals surface area contributed by atoms with Gasteiger partial charge in [-0.3, -0.25) is 0 Å². The highest BCUT2D eigenvalue weighted by Gasteiger charge is 2.21. The summed E-state index contributed by atoms with van der Waals surface area (Å²) in [5.74, 6) is 0. The summed E-state index contributed by atoms with van der Waals surface area (Å²) in [6.45, 7) is 1.90. The van der Waals surface area contributed by atoms with E-state index in [0.717, 1.165) is 25.2 Å². The lowest BCUT2D eigenvalue weighted by Gasteiger charge is -2.31. The number of hydrogen-bond acceptors (Lipinski definition) is 3. The zero-order valence-electron chi connectivity index (χ0n) is 11.6. The molecule has 2 aromatic carbocycles. The number of fused-ring (bicyclic) bond motifs is 1. The van der Waals surface area contributed by atoms with Gasteiger partial charge in [0.25, 0.3) is 0 Å². The molecule has 0 N–H and O–H groups in total. The second-order valence-corrected chi connectivity index (χ2v) is 4.89. The van der Waals surface area contributed by atoms with Crippen molar-refractivity contribution >= 4 is 11.4 Å². The van der Waals surface area contributed by atoms with Crippen LogP contribution in [0.4, 0.5) is 5.69 Å². The molecule has 0 saturated carbocycles. The molecular weight excluding hydrogens is 248 g/mol. The number of benzene rings is 2. The van der Waals surface area contributed by atoms with E-state index in [1.807, 2.05) is 0 Å². The van der Waals surface area contributed by atoms with Crippen molar-refractivity contribution in [3.63, 3.8) is 0 Å². The van der Waals surface area contributed by atoms with E-state index in [-0.39, 0.29) is 0 Å². The topological polar surface area (TPSA) is 24.8 Å². The van der Waals surface area contributed by atoms with Crippen LogP contribution in [-0.2, 0) is 11.4 Å². The molecule has 3 nitrogen and oxygen atoms in total. The molecule has 0 saturated heterocycles. The van der Waals surface area contributed by atoms with Crippen molar-refractivity contribution in [3.8, 4) is 0 Å². The third-order valence-corrected chi connectivity index (χ3v) is 3.59. The lowest BCUT2D eigenvalue weighted by molar-refractivity contribution is 0.212. The highest BCUT2D eigenvalue weighted by Crippen LogP contribution is 2.28. The molecule has 1 heterocycles. The van der Waals surface area contributed by atoms with Crippen molar-refractivity contribution in [2.24, 2.45) is 5.16 Å². The Bertz CT molecular complexity index is 607. The van der Waals surface area contributed by atoms with Gasteiger partial charge in [-0.05, 0) is 11.6 Å². The summed E-state index contributed by atoms with van der Waals surface area (Å²) < 4.78 is 0. The molecule has 3 heteroatoms. The number of nitrogens with zero attached hydrogens (tertiary/aromatic N) is 2. The molecule has 0 atom stereocenters. The molecule has 2 aromatic rings. The highest BCUT2D eigenvalue weighted by molar-refractivity contribution is 6.06. The van der Waals surface area contributed by atoms with Crippen LogP contribution in [-0.4, -0.2) is 19.4 Å². The minimum Gasteiger partial charge on any atom is -0.399 e. The van der Waals surface area contributed by atoms with Gasteiger partial charge in [-0.25, -0.2) is 0 Å². The summed E-state index contributed by atoms with van der Waals surface area (Å²) in [7, 11) is 1.60. The molecule has 3 rings (SSSR count). The van der Waals surface area contributed by atoms with Crippen molar-refractivity contribution in [1.82, 2.24) is 0 Å². The first kappa shape index (κ1) is 12.7. The Morgan fingerprint density at radius 1 is 1.05 bits per heavy atom. The number of rotatable bonds is 3. The van der Waals surface area contributed by atoms with E-state index < -0.39 is 0 Å². The van der Waals surface area contributed by atoms with Crippen molar-refractivity contribution in [2.45, 2.75) is 13.0 Å². The summed E-state index contributed by atoms with van der Waals surface area (Å²) in [4.78, 5) is 7.36. The maximum absolute atomic E-state index is 4.96. The van der Waals surface area contributed by atoms with E-state index in [9.17, 15) is 0 Å². The number of hydrogen-bond donors (Lipinski definition) is 0. The Balaban J connectivity index is 1.91. The number of para-hydroxylation sites is 1. The molecule has 102 valence electrons. The molecule has 1 aliphatic heterocycles. The van der Waals surface area contributed by atoms with Gasteiger partial charge >= 0.3 is 0 Å². The molecule has 0 fully saturated rings. The van der Waals surface area contributed by atoms with Gasteiger partial charge in [-0.2, -0.15) is 0 Å². The van der Waals surface area contributed by atoms with Gasteiger partial charge in [0.2, 0.25) is 0 Å². The SMILES string of the molecule is CON=C1CCN(Cc2ccccc2)c2ccccc21. The van der Waals surface area contributed by atoms with Gasteiger partial charge in [-0.15, -0.1) is 0 Å². The second kappa shape index (κ2) is 5.78. The molecule has 0 unspecified atom stereocenters. The summed E-state index contributed by atoms with van der Waals surface area (Å²) in [5, 5.41) is 4.16. The lowest BCUT2D eigenvalue weighted by atomic mass is 9.99. The van der Waals surface area contributed by atoms with Crippen LogP contribution in [0.2, 0.25) is 0 Å². The minimum atomic E-state index is 0.914. The normalized spacial score (nSPS) is 16.1. The summed E-state index contributed by atoms with van der Waals surface area (Å²) >= 11 is 0. The van der Waals surface area contributed by atoms with Crippen molar-refractivity contribution in [3.05, 3.63) is 65.7 Å². The Kier molecular flexibility index (Phi) is 3.68. The first-order valence-electron chi connectivity index (χ1n) is 6.87. The zero-order chi connectivity index (χ0) is 13.8. The summed E-state index contributed by atoms with van der Waals surface area (Å²) in [6, 6.07) is 19.0. The van der Waals surface area contributed by atoms with Gasteiger partial charge < -0.3 is 9.74 Å². The van der Waals surface area contributed by atoms with Crippen LogP contribution in [0.3, 0.4) is 0 Å². The average molecular weight is 266 g/mol. The zero-order valence-corrected chi connectivity index (χ0v) is 11.6. The van der Waals surface area contributed by atoms with Crippen LogP contribution in [0.25, 0.3) is 0 Å². The van der Waals surface area contributed by atoms with Crippen molar-refractivity contribution < 1.29 is 4.84 Å². The molecule has 0 bridgehead atoms. The van der Waals surface area contributed by atoms with E-state index in [0.29, 0.717) is 0 Å². The predicted molar refractivity (Wildman–Crippen MR) is 82.1 cm³/mol. The molecule has 1 aliphatic rings. The van der Waals surface area contributed by atoms with Crippen LogP contribution in [0, 0.1) is 0 Å². The van der Waals surface area contributed by atoms with Crippen LogP contribution >= 0.6 is 0 Å². The standard InChI is InChI=1S/C17H18N2O/c1-20-18-16-11-12-19(13-14-7-3-2-4-8-14)17-10-6-5-9-15(16)17/h2-10H,11-13H2,1H3. The van der Waals surface area contributed by atoms with Crippen LogP contribution in [0.15, 0.2) is 59.8 Å². The third-order valence-electron chi connectivity index (χ3n) is 3.59. The van der Waals surface area contributed by atoms with E-state index in [4.69, 9.17) is 4.84 Å². The van der Waals surface area contributed by atoms with Crippen LogP contribution < -0.4 is 4.90 Å². The Labute approximate surface area is 119 Å². The fraction of sp³-hybridized carbons (Fsp3) is 0.235. The van der Waals surface area contributed by atoms with E-state index >= 15 is 0 Å². The Hall–Kier alpha value is -2.29. The van der Waals surface area contributed by atoms with Gasteiger partial charge in [0.15, 0.2) is 0 Å². The van der Waals surface area contributed by atoms with Gasteiger partial charge in [0.1, 0.15) is 7.11 Å². The Morgan fingerprint density at radius 3 is 2.60 bits per heavy atom. The summed E-state index contributed by atoms with van der Waals surface area (Å²) in [6.07, 6.45) is 0.914. The first-order valence-corrected chi connectivity index (χ1v) is 6.87. The molecule has 0 spiro atoms. The fourth-order valence-corrected chi connectivity index (χ4v) is 2.66. The summed E-state index contributed by atoms with van der Waals surface area (Å²) in [5.41, 5.74) is 4.77. The first-order chi connectivity index (χ1) is 9.88. The van der Waals surface area contributed by atoms with Crippen LogP contribution in [0.5, 0.6) is 0 Å². The average Bonchev–Trinajstić information content (AvgIpc) is 2.51. The molecule has 0 amide bonds. The maximum atomic E-state index is 4.96. The molecular formula is C17H18N2O. The van der Waals surface area contributed by atoms with Crippen LogP contribution in [0.1, 0.15) is 17.5 Å². The van der Waals surface area contributed by atoms with Crippen molar-refractivity contribution in [2.75, 3.05) is 18.6 Å². The molecule has 0 aliphatic carbocycles. The number of anilines is 1. The van der Waals surface area contributed by atoms with E-state index in [2.05, 4.69) is 64.7 Å². The Morgan fingerprint density at radius 2 is 1.80 bits per heavy atom. The van der Waals surface area contributed by atoms with Crippen molar-refractivity contribution in [1.29, 1.82) is 0 Å².